The van der Waals surface area contributed by atoms with Crippen molar-refractivity contribution in [2.75, 3.05) is 19.7 Å². The number of carbonyl (C=O) groups excluding carboxylic acids is 1. The Morgan fingerprint density at radius 3 is 2.86 bits per heavy atom. The first-order valence-corrected chi connectivity index (χ1v) is 4.39. The number of nitrogens with one attached hydrogen (secondary N) is 2. The van der Waals surface area contributed by atoms with Crippen molar-refractivity contribution in [3.05, 3.63) is 0 Å². The molecule has 0 aliphatic carbocycles. The second-order valence-electron chi connectivity index (χ2n) is 3.60. The van der Waals surface area contributed by atoms with Gasteiger partial charge in [-0.1, -0.05) is 0 Å². The molecule has 0 radical (unpaired) electrons. The summed E-state index contributed by atoms with van der Waals surface area (Å²) in [5.74, 6) is -1.39. The van der Waals surface area contributed by atoms with Gasteiger partial charge in [-0.3, -0.25) is 9.63 Å². The molecule has 1 aliphatic heterocycles. The average molecular weight is 202 g/mol. The third-order valence-electron chi connectivity index (χ3n) is 2.28. The van der Waals surface area contributed by atoms with E-state index in [-0.39, 0.29) is 5.91 Å². The number of carboxylic acid groups (broad SMARTS) is 1. The molecule has 0 aromatic carbocycles. The fourth-order valence-corrected chi connectivity index (χ4v) is 1.30. The van der Waals surface area contributed by atoms with E-state index in [4.69, 9.17) is 5.11 Å². The minimum absolute atomic E-state index is 0.274. The van der Waals surface area contributed by atoms with Crippen LogP contribution in [-0.4, -0.2) is 36.7 Å². The Kier molecular flexibility index (Phi) is 3.43. The molecule has 1 heterocycles. The first-order valence-electron chi connectivity index (χ1n) is 4.39. The summed E-state index contributed by atoms with van der Waals surface area (Å²) in [5, 5.41) is 11.3. The third kappa shape index (κ3) is 2.68. The molecule has 1 rings (SSSR count). The molecule has 1 unspecified atom stereocenters. The summed E-state index contributed by atoms with van der Waals surface area (Å²) < 4.78 is 0. The van der Waals surface area contributed by atoms with Crippen LogP contribution in [0.25, 0.3) is 0 Å². The largest absolute Gasteiger partial charge is 0.479 e. The molecule has 1 aliphatic rings. The molecule has 1 fully saturated rings. The van der Waals surface area contributed by atoms with E-state index in [1.807, 2.05) is 6.92 Å². The van der Waals surface area contributed by atoms with Gasteiger partial charge in [0.1, 0.15) is 0 Å². The Labute approximate surface area is 81.6 Å². The minimum Gasteiger partial charge on any atom is -0.479 e. The molecular weight excluding hydrogens is 188 g/mol. The summed E-state index contributed by atoms with van der Waals surface area (Å²) >= 11 is 0. The highest BCUT2D eigenvalue weighted by Crippen LogP contribution is 2.24. The summed E-state index contributed by atoms with van der Waals surface area (Å²) in [6.45, 7) is 2.68. The Morgan fingerprint density at radius 2 is 2.36 bits per heavy atom. The van der Waals surface area contributed by atoms with E-state index in [9.17, 15) is 9.59 Å². The molecule has 6 nitrogen and oxygen atoms in total. The SMILES string of the molecule is CC1(C(=O)NOCC(=O)O)CCNC1. The molecule has 0 spiro atoms. The van der Waals surface area contributed by atoms with Crippen LogP contribution < -0.4 is 10.8 Å². The van der Waals surface area contributed by atoms with Gasteiger partial charge in [0.25, 0.3) is 5.91 Å². The highest BCUT2D eigenvalue weighted by atomic mass is 16.7. The van der Waals surface area contributed by atoms with Crippen LogP contribution >= 0.6 is 0 Å². The first kappa shape index (κ1) is 10.9. The predicted molar refractivity (Wildman–Crippen MR) is 47.3 cm³/mol. The summed E-state index contributed by atoms with van der Waals surface area (Å²) in [6, 6.07) is 0. The van der Waals surface area contributed by atoms with E-state index in [1.54, 1.807) is 0 Å². The molecule has 0 aromatic rings. The average Bonchev–Trinajstić information content (AvgIpc) is 2.52. The quantitative estimate of drug-likeness (QED) is 0.515. The van der Waals surface area contributed by atoms with Crippen LogP contribution in [0.15, 0.2) is 0 Å². The lowest BCUT2D eigenvalue weighted by molar-refractivity contribution is -0.152. The monoisotopic (exact) mass is 202 g/mol. The molecule has 14 heavy (non-hydrogen) atoms. The zero-order chi connectivity index (χ0) is 10.6. The lowest BCUT2D eigenvalue weighted by atomic mass is 9.89. The van der Waals surface area contributed by atoms with Gasteiger partial charge in [0.15, 0.2) is 6.61 Å². The minimum atomic E-state index is -1.11. The van der Waals surface area contributed by atoms with Crippen molar-refractivity contribution in [2.24, 2.45) is 5.41 Å². The van der Waals surface area contributed by atoms with Crippen molar-refractivity contribution >= 4 is 11.9 Å². The van der Waals surface area contributed by atoms with Gasteiger partial charge in [-0.25, -0.2) is 10.3 Å². The van der Waals surface area contributed by atoms with Gasteiger partial charge in [0.05, 0.1) is 5.41 Å². The van der Waals surface area contributed by atoms with Crippen molar-refractivity contribution in [1.29, 1.82) is 0 Å². The number of hydrogen-bond donors (Lipinski definition) is 3. The van der Waals surface area contributed by atoms with E-state index in [0.717, 1.165) is 13.0 Å². The number of rotatable bonds is 4. The van der Waals surface area contributed by atoms with Gasteiger partial charge in [0.2, 0.25) is 0 Å². The number of hydroxylamine groups is 1. The van der Waals surface area contributed by atoms with Crippen molar-refractivity contribution in [2.45, 2.75) is 13.3 Å². The van der Waals surface area contributed by atoms with E-state index in [2.05, 4.69) is 15.6 Å². The summed E-state index contributed by atoms with van der Waals surface area (Å²) in [5.41, 5.74) is 1.65. The third-order valence-corrected chi connectivity index (χ3v) is 2.28. The van der Waals surface area contributed by atoms with Crippen molar-refractivity contribution in [3.8, 4) is 0 Å². The van der Waals surface area contributed by atoms with Crippen molar-refractivity contribution in [1.82, 2.24) is 10.8 Å². The van der Waals surface area contributed by atoms with E-state index in [1.165, 1.54) is 0 Å². The number of aliphatic carboxylic acids is 1. The summed E-state index contributed by atoms with van der Waals surface area (Å²) in [7, 11) is 0. The molecule has 80 valence electrons. The summed E-state index contributed by atoms with van der Waals surface area (Å²) in [4.78, 5) is 26.1. The molecule has 1 atom stereocenters. The van der Waals surface area contributed by atoms with Gasteiger partial charge in [-0.2, -0.15) is 0 Å². The van der Waals surface area contributed by atoms with Crippen LogP contribution in [0, 0.1) is 5.41 Å². The maximum Gasteiger partial charge on any atom is 0.332 e. The highest BCUT2D eigenvalue weighted by Gasteiger charge is 2.36. The van der Waals surface area contributed by atoms with Gasteiger partial charge in [0, 0.05) is 6.54 Å². The Morgan fingerprint density at radius 1 is 1.64 bits per heavy atom. The molecule has 0 aromatic heterocycles. The smallest absolute Gasteiger partial charge is 0.332 e. The van der Waals surface area contributed by atoms with Crippen molar-refractivity contribution in [3.63, 3.8) is 0 Å². The standard InChI is InChI=1S/C8H14N2O4/c1-8(2-3-9-5-8)7(13)10-14-4-6(11)12/h9H,2-5H2,1H3,(H,10,13)(H,11,12). The van der Waals surface area contributed by atoms with Crippen LogP contribution in [0.2, 0.25) is 0 Å². The van der Waals surface area contributed by atoms with Gasteiger partial charge in [-0.05, 0) is 19.9 Å². The van der Waals surface area contributed by atoms with Gasteiger partial charge >= 0.3 is 5.97 Å². The predicted octanol–water partition coefficient (Wildman–Crippen LogP) is -0.882. The molecule has 1 amide bonds. The highest BCUT2D eigenvalue weighted by molar-refractivity contribution is 5.82. The second kappa shape index (κ2) is 4.39. The molecule has 3 N–H and O–H groups in total. The van der Waals surface area contributed by atoms with E-state index < -0.39 is 18.0 Å². The first-order chi connectivity index (χ1) is 6.54. The maximum absolute atomic E-state index is 11.5. The number of hydrogen-bond acceptors (Lipinski definition) is 4. The topological polar surface area (TPSA) is 87.7 Å². The molecular formula is C8H14N2O4. The van der Waals surface area contributed by atoms with Crippen LogP contribution in [0.5, 0.6) is 0 Å². The molecule has 0 bridgehead atoms. The number of carbonyl (C=O) groups is 2. The maximum atomic E-state index is 11.5. The fraction of sp³-hybridized carbons (Fsp3) is 0.750. The van der Waals surface area contributed by atoms with Crippen LogP contribution in [-0.2, 0) is 14.4 Å². The van der Waals surface area contributed by atoms with Crippen LogP contribution in [0.3, 0.4) is 0 Å². The summed E-state index contributed by atoms with van der Waals surface area (Å²) in [6.07, 6.45) is 0.731. The second-order valence-corrected chi connectivity index (χ2v) is 3.60. The molecule has 6 heteroatoms. The Hall–Kier alpha value is -1.14. The Balaban J connectivity index is 2.30. The van der Waals surface area contributed by atoms with Gasteiger partial charge in [-0.15, -0.1) is 0 Å². The fourth-order valence-electron chi connectivity index (χ4n) is 1.30. The van der Waals surface area contributed by atoms with Crippen molar-refractivity contribution < 1.29 is 19.5 Å². The van der Waals surface area contributed by atoms with Crippen LogP contribution in [0.1, 0.15) is 13.3 Å². The molecule has 1 saturated heterocycles. The number of amides is 1. The van der Waals surface area contributed by atoms with E-state index in [0.29, 0.717) is 6.54 Å². The zero-order valence-corrected chi connectivity index (χ0v) is 8.00. The normalized spacial score (nSPS) is 26.1. The number of carboxylic acids is 1. The molecule has 0 saturated carbocycles. The lowest BCUT2D eigenvalue weighted by Crippen LogP contribution is -2.41. The Bertz CT molecular complexity index is 235. The van der Waals surface area contributed by atoms with E-state index >= 15 is 0 Å². The van der Waals surface area contributed by atoms with Gasteiger partial charge < -0.3 is 10.4 Å². The van der Waals surface area contributed by atoms with Crippen LogP contribution in [0.4, 0.5) is 0 Å². The zero-order valence-electron chi connectivity index (χ0n) is 8.00. The lowest BCUT2D eigenvalue weighted by Gasteiger charge is -2.20.